The summed E-state index contributed by atoms with van der Waals surface area (Å²) < 4.78 is 7.17. The van der Waals surface area contributed by atoms with E-state index in [-0.39, 0.29) is 0 Å². The van der Waals surface area contributed by atoms with Gasteiger partial charge in [0.15, 0.2) is 0 Å². The first-order valence-corrected chi connectivity index (χ1v) is 6.01. The van der Waals surface area contributed by atoms with E-state index in [0.717, 1.165) is 22.8 Å². The number of hydrogen-bond acceptors (Lipinski definition) is 3. The average molecular weight is 255 g/mol. The molecule has 0 radical (unpaired) electrons. The predicted octanol–water partition coefficient (Wildman–Crippen LogP) is 3.24. The summed E-state index contributed by atoms with van der Waals surface area (Å²) in [5.74, 6) is 0.786. The zero-order chi connectivity index (χ0) is 13.8. The molecule has 2 aromatic heterocycles. The molecule has 0 aliphatic carbocycles. The van der Waals surface area contributed by atoms with Crippen LogP contribution in [0.25, 0.3) is 5.65 Å². The lowest BCUT2D eigenvalue weighted by molar-refractivity contribution is 0.414. The molecule has 0 aromatic carbocycles. The van der Waals surface area contributed by atoms with Gasteiger partial charge in [0.2, 0.25) is 0 Å². The van der Waals surface area contributed by atoms with Crippen molar-refractivity contribution in [3.8, 4) is 5.75 Å². The summed E-state index contributed by atoms with van der Waals surface area (Å²) in [4.78, 5) is 8.69. The summed E-state index contributed by atoms with van der Waals surface area (Å²) in [7, 11) is 1.64. The normalized spacial score (nSPS) is 11.4. The van der Waals surface area contributed by atoms with Crippen LogP contribution in [-0.4, -0.2) is 22.2 Å². The molecule has 0 saturated carbocycles. The maximum Gasteiger partial charge on any atom is 0.140 e. The average Bonchev–Trinajstić information content (AvgIpc) is 2.80. The third kappa shape index (κ3) is 2.73. The lowest BCUT2D eigenvalue weighted by atomic mass is 10.2. The molecule has 19 heavy (non-hydrogen) atoms. The van der Waals surface area contributed by atoms with E-state index < -0.39 is 0 Å². The number of imidazole rings is 1. The highest BCUT2D eigenvalue weighted by atomic mass is 16.5. The monoisotopic (exact) mass is 255 g/mol. The summed E-state index contributed by atoms with van der Waals surface area (Å²) >= 11 is 0. The Bertz CT molecular complexity index is 661. The highest BCUT2D eigenvalue weighted by Gasteiger charge is 2.08. The molecule has 0 N–H and O–H groups in total. The van der Waals surface area contributed by atoms with Crippen LogP contribution in [0.3, 0.4) is 0 Å². The van der Waals surface area contributed by atoms with Crippen LogP contribution in [0, 0.1) is 0 Å². The fraction of sp³-hybridized carbons (Fsp3) is 0.200. The van der Waals surface area contributed by atoms with Crippen molar-refractivity contribution < 1.29 is 4.74 Å². The number of allylic oxidation sites excluding steroid dienone is 2. The second-order valence-corrected chi connectivity index (χ2v) is 4.36. The van der Waals surface area contributed by atoms with Crippen molar-refractivity contribution >= 4 is 11.4 Å². The lowest BCUT2D eigenvalue weighted by Gasteiger charge is -2.04. The number of methoxy groups -OCH3 is 1. The Morgan fingerprint density at radius 1 is 1.47 bits per heavy atom. The molecule has 2 heterocycles. The molecular weight excluding hydrogens is 238 g/mol. The van der Waals surface area contributed by atoms with Gasteiger partial charge in [-0.25, -0.2) is 4.98 Å². The van der Waals surface area contributed by atoms with E-state index in [1.807, 2.05) is 42.7 Å². The maximum absolute atomic E-state index is 5.19. The Hall–Kier alpha value is -2.36. The lowest BCUT2D eigenvalue weighted by Crippen LogP contribution is -2.02. The maximum atomic E-state index is 5.19. The smallest absolute Gasteiger partial charge is 0.140 e. The molecule has 0 saturated heterocycles. The van der Waals surface area contributed by atoms with Crippen molar-refractivity contribution in [2.45, 2.75) is 13.8 Å². The highest BCUT2D eigenvalue weighted by Crippen LogP contribution is 2.16. The fourth-order valence-corrected chi connectivity index (χ4v) is 1.83. The second kappa shape index (κ2) is 5.52. The molecule has 0 unspecified atom stereocenters. The number of rotatable bonds is 4. The quantitative estimate of drug-likeness (QED) is 0.787. The Labute approximate surface area is 112 Å². The van der Waals surface area contributed by atoms with Crippen molar-refractivity contribution in [1.29, 1.82) is 0 Å². The summed E-state index contributed by atoms with van der Waals surface area (Å²) in [6.07, 6.45) is 7.28. The molecule has 0 spiro atoms. The van der Waals surface area contributed by atoms with Gasteiger partial charge in [0.05, 0.1) is 24.7 Å². The van der Waals surface area contributed by atoms with Gasteiger partial charge in [-0.3, -0.25) is 9.39 Å². The van der Waals surface area contributed by atoms with E-state index in [2.05, 4.69) is 16.6 Å². The Morgan fingerprint density at radius 3 is 2.89 bits per heavy atom. The molecule has 0 bridgehead atoms. The summed E-state index contributed by atoms with van der Waals surface area (Å²) in [6, 6.07) is 3.78. The number of nitrogens with zero attached hydrogens (tertiary/aromatic N) is 3. The Balaban J connectivity index is 2.58. The molecule has 2 rings (SSSR count). The van der Waals surface area contributed by atoms with E-state index in [1.165, 1.54) is 11.8 Å². The first-order valence-electron chi connectivity index (χ1n) is 6.01. The minimum atomic E-state index is 0.786. The van der Waals surface area contributed by atoms with Gasteiger partial charge in [-0.2, -0.15) is 0 Å². The third-order valence-corrected chi connectivity index (χ3v) is 2.64. The molecule has 0 aliphatic rings. The van der Waals surface area contributed by atoms with E-state index in [1.54, 1.807) is 13.3 Å². The van der Waals surface area contributed by atoms with Gasteiger partial charge in [-0.1, -0.05) is 12.2 Å². The van der Waals surface area contributed by atoms with Crippen LogP contribution in [0.2, 0.25) is 0 Å². The van der Waals surface area contributed by atoms with Crippen molar-refractivity contribution in [2.24, 2.45) is 4.99 Å². The van der Waals surface area contributed by atoms with Gasteiger partial charge in [-0.15, -0.1) is 0 Å². The van der Waals surface area contributed by atoms with Gasteiger partial charge in [0, 0.05) is 18.5 Å². The number of hydrogen-bond donors (Lipinski definition) is 0. The minimum absolute atomic E-state index is 0.786. The summed E-state index contributed by atoms with van der Waals surface area (Å²) in [5, 5.41) is 0. The topological polar surface area (TPSA) is 38.9 Å². The molecule has 4 heteroatoms. The molecular formula is C15H17N3O. The number of pyridine rings is 1. The molecule has 0 aliphatic heterocycles. The van der Waals surface area contributed by atoms with E-state index in [9.17, 15) is 0 Å². The van der Waals surface area contributed by atoms with Gasteiger partial charge in [-0.05, 0) is 26.0 Å². The number of aromatic nitrogens is 2. The third-order valence-electron chi connectivity index (χ3n) is 2.64. The van der Waals surface area contributed by atoms with Crippen LogP contribution in [0.5, 0.6) is 5.75 Å². The molecule has 0 amide bonds. The number of fused-ring (bicyclic) bond motifs is 1. The van der Waals surface area contributed by atoms with Crippen molar-refractivity contribution in [3.63, 3.8) is 0 Å². The molecule has 0 atom stereocenters. The van der Waals surface area contributed by atoms with Crippen LogP contribution in [0.4, 0.5) is 0 Å². The number of ether oxygens (including phenoxy) is 1. The van der Waals surface area contributed by atoms with Crippen LogP contribution in [0.15, 0.2) is 53.9 Å². The fourth-order valence-electron chi connectivity index (χ4n) is 1.83. The Kier molecular flexibility index (Phi) is 3.80. The van der Waals surface area contributed by atoms with Crippen LogP contribution in [0.1, 0.15) is 19.5 Å². The van der Waals surface area contributed by atoms with E-state index >= 15 is 0 Å². The first kappa shape index (κ1) is 13.1. The summed E-state index contributed by atoms with van der Waals surface area (Å²) in [5.41, 5.74) is 3.77. The standard InChI is InChI=1S/C15H17N3O/c1-5-16-13(8-11(2)3)14-10-17-15-9-12(19-4)6-7-18(14)15/h5-10H,1H2,2-4H3. The second-order valence-electron chi connectivity index (χ2n) is 4.36. The Morgan fingerprint density at radius 2 is 2.26 bits per heavy atom. The number of aliphatic imine (C=N–C) groups is 1. The van der Waals surface area contributed by atoms with Crippen LogP contribution >= 0.6 is 0 Å². The van der Waals surface area contributed by atoms with Crippen molar-refractivity contribution in [2.75, 3.05) is 7.11 Å². The van der Waals surface area contributed by atoms with Crippen molar-refractivity contribution in [1.82, 2.24) is 9.38 Å². The minimum Gasteiger partial charge on any atom is -0.497 e. The van der Waals surface area contributed by atoms with Crippen molar-refractivity contribution in [3.05, 3.63) is 54.6 Å². The SMILES string of the molecule is C=CN=C(C=C(C)C)c1cnc2cc(OC)ccn12. The van der Waals surface area contributed by atoms with Crippen LogP contribution < -0.4 is 4.74 Å². The summed E-state index contributed by atoms with van der Waals surface area (Å²) in [6.45, 7) is 7.72. The zero-order valence-electron chi connectivity index (χ0n) is 11.4. The van der Waals surface area contributed by atoms with Gasteiger partial charge in [0.1, 0.15) is 11.4 Å². The highest BCUT2D eigenvalue weighted by molar-refractivity contribution is 6.08. The first-order chi connectivity index (χ1) is 9.15. The van der Waals surface area contributed by atoms with Gasteiger partial charge >= 0.3 is 0 Å². The molecule has 2 aromatic rings. The molecule has 4 nitrogen and oxygen atoms in total. The molecule has 0 fully saturated rings. The van der Waals surface area contributed by atoms with Crippen LogP contribution in [-0.2, 0) is 0 Å². The zero-order valence-corrected chi connectivity index (χ0v) is 11.4. The predicted molar refractivity (Wildman–Crippen MR) is 77.9 cm³/mol. The van der Waals surface area contributed by atoms with Gasteiger partial charge < -0.3 is 4.74 Å². The van der Waals surface area contributed by atoms with E-state index in [4.69, 9.17) is 4.74 Å². The van der Waals surface area contributed by atoms with E-state index in [0.29, 0.717) is 0 Å². The largest absolute Gasteiger partial charge is 0.497 e. The van der Waals surface area contributed by atoms with Gasteiger partial charge in [0.25, 0.3) is 0 Å². The molecule has 98 valence electrons.